The first-order valence-electron chi connectivity index (χ1n) is 7.26. The monoisotopic (exact) mass is 383 g/mol. The molecule has 0 saturated carbocycles. The highest BCUT2D eigenvalue weighted by Crippen LogP contribution is 2.23. The van der Waals surface area contributed by atoms with Gasteiger partial charge in [-0.05, 0) is 37.2 Å². The summed E-state index contributed by atoms with van der Waals surface area (Å²) in [6.07, 6.45) is 0. The average molecular weight is 384 g/mol. The fraction of sp³-hybridized carbons (Fsp3) is 0.467. The number of rotatable bonds is 7. The van der Waals surface area contributed by atoms with Crippen LogP contribution in [0.1, 0.15) is 5.69 Å². The van der Waals surface area contributed by atoms with E-state index in [1.807, 2.05) is 31.2 Å². The first kappa shape index (κ1) is 17.2. The summed E-state index contributed by atoms with van der Waals surface area (Å²) in [4.78, 5) is 0. The van der Waals surface area contributed by atoms with Gasteiger partial charge in [0.15, 0.2) is 0 Å². The van der Waals surface area contributed by atoms with Crippen LogP contribution in [0, 0.1) is 6.92 Å². The van der Waals surface area contributed by atoms with Gasteiger partial charge in [-0.3, -0.25) is 0 Å². The highest BCUT2D eigenvalue weighted by atomic mass is 79.9. The van der Waals surface area contributed by atoms with Crippen LogP contribution in [0.2, 0.25) is 25.7 Å². The van der Waals surface area contributed by atoms with Crippen molar-refractivity contribution in [1.82, 2.24) is 15.0 Å². The van der Waals surface area contributed by atoms with Crippen molar-refractivity contribution in [3.63, 3.8) is 0 Å². The third-order valence-electron chi connectivity index (χ3n) is 3.18. The molecule has 0 saturated heterocycles. The Morgan fingerprint density at radius 1 is 1.18 bits per heavy atom. The number of halogens is 1. The lowest BCUT2D eigenvalue weighted by Crippen LogP contribution is -2.22. The van der Waals surface area contributed by atoms with Crippen molar-refractivity contribution in [1.29, 1.82) is 0 Å². The van der Waals surface area contributed by atoms with Crippen LogP contribution in [-0.2, 0) is 11.5 Å². The minimum absolute atomic E-state index is 0.410. The molecule has 2 rings (SSSR count). The summed E-state index contributed by atoms with van der Waals surface area (Å²) in [5.41, 5.74) is 0.857. The van der Waals surface area contributed by atoms with Crippen LogP contribution in [0.25, 0.3) is 0 Å². The van der Waals surface area contributed by atoms with Gasteiger partial charge < -0.3 is 9.47 Å². The van der Waals surface area contributed by atoms with Gasteiger partial charge in [0, 0.05) is 19.2 Å². The average Bonchev–Trinajstić information content (AvgIpc) is 2.78. The van der Waals surface area contributed by atoms with E-state index < -0.39 is 8.07 Å². The molecule has 0 amide bonds. The zero-order chi connectivity index (χ0) is 16.2. The Labute approximate surface area is 140 Å². The molecule has 0 aliphatic rings. The maximum absolute atomic E-state index is 5.74. The van der Waals surface area contributed by atoms with Crippen LogP contribution < -0.4 is 4.74 Å². The Bertz CT molecular complexity index is 608. The maximum atomic E-state index is 5.74. The molecule has 0 aliphatic carbocycles. The lowest BCUT2D eigenvalue weighted by Gasteiger charge is -2.15. The van der Waals surface area contributed by atoms with Crippen molar-refractivity contribution in [3.05, 3.63) is 34.4 Å². The van der Waals surface area contributed by atoms with Crippen LogP contribution in [0.15, 0.2) is 28.7 Å². The molecule has 0 unspecified atom stereocenters. The molecule has 1 heterocycles. The van der Waals surface area contributed by atoms with E-state index in [1.165, 1.54) is 0 Å². The molecule has 22 heavy (non-hydrogen) atoms. The largest absolute Gasteiger partial charge is 0.436 e. The van der Waals surface area contributed by atoms with Crippen LogP contribution >= 0.6 is 15.9 Å². The van der Waals surface area contributed by atoms with Gasteiger partial charge in [0.05, 0.1) is 0 Å². The second-order valence-electron chi connectivity index (χ2n) is 6.38. The molecule has 5 nitrogen and oxygen atoms in total. The van der Waals surface area contributed by atoms with Gasteiger partial charge in [0.25, 0.3) is 5.88 Å². The van der Waals surface area contributed by atoms with Gasteiger partial charge in [-0.1, -0.05) is 45.9 Å². The summed E-state index contributed by atoms with van der Waals surface area (Å²) >= 11 is 3.40. The molecular weight excluding hydrogens is 362 g/mol. The number of benzene rings is 1. The Morgan fingerprint density at radius 3 is 2.50 bits per heavy atom. The smallest absolute Gasteiger partial charge is 0.261 e. The summed E-state index contributed by atoms with van der Waals surface area (Å²) in [6.45, 7) is 10.1. The molecule has 0 spiro atoms. The lowest BCUT2D eigenvalue weighted by molar-refractivity contribution is 0.0757. The Kier molecular flexibility index (Phi) is 5.77. The predicted molar refractivity (Wildman–Crippen MR) is 93.1 cm³/mol. The van der Waals surface area contributed by atoms with Gasteiger partial charge in [0.1, 0.15) is 18.2 Å². The summed E-state index contributed by atoms with van der Waals surface area (Å²) < 4.78 is 14.2. The van der Waals surface area contributed by atoms with Crippen LogP contribution in [-0.4, -0.2) is 29.7 Å². The van der Waals surface area contributed by atoms with Crippen molar-refractivity contribution in [2.45, 2.75) is 39.3 Å². The quantitative estimate of drug-likeness (QED) is 0.523. The van der Waals surface area contributed by atoms with Gasteiger partial charge in [-0.2, -0.15) is 0 Å². The van der Waals surface area contributed by atoms with Gasteiger partial charge in [-0.25, -0.2) is 4.68 Å². The van der Waals surface area contributed by atoms with E-state index in [1.54, 1.807) is 4.68 Å². The number of nitrogens with zero attached hydrogens (tertiary/aromatic N) is 3. The first-order chi connectivity index (χ1) is 10.3. The molecule has 0 aliphatic heterocycles. The number of ether oxygens (including phenoxy) is 2. The predicted octanol–water partition coefficient (Wildman–Crippen LogP) is 4.45. The van der Waals surface area contributed by atoms with Gasteiger partial charge in [0.2, 0.25) is 0 Å². The third-order valence-corrected chi connectivity index (χ3v) is 5.41. The van der Waals surface area contributed by atoms with E-state index >= 15 is 0 Å². The van der Waals surface area contributed by atoms with E-state index in [0.29, 0.717) is 12.6 Å². The number of hydrogen-bond donors (Lipinski definition) is 0. The zero-order valence-corrected chi connectivity index (χ0v) is 16.1. The van der Waals surface area contributed by atoms with E-state index in [4.69, 9.17) is 9.47 Å². The maximum Gasteiger partial charge on any atom is 0.261 e. The molecule has 0 atom stereocenters. The topological polar surface area (TPSA) is 49.2 Å². The molecule has 0 fully saturated rings. The summed E-state index contributed by atoms with van der Waals surface area (Å²) in [7, 11) is -1.06. The fourth-order valence-electron chi connectivity index (χ4n) is 1.70. The van der Waals surface area contributed by atoms with Crippen LogP contribution in [0.3, 0.4) is 0 Å². The number of hydrogen-bond acceptors (Lipinski definition) is 4. The van der Waals surface area contributed by atoms with Crippen molar-refractivity contribution in [2.24, 2.45) is 0 Å². The van der Waals surface area contributed by atoms with Gasteiger partial charge >= 0.3 is 0 Å². The second kappa shape index (κ2) is 7.39. The minimum Gasteiger partial charge on any atom is -0.436 e. The molecule has 0 N–H and O–H groups in total. The Hall–Kier alpha value is -1.18. The summed E-state index contributed by atoms with van der Waals surface area (Å²) in [6, 6.07) is 8.76. The molecule has 1 aromatic heterocycles. The standard InChI is InChI=1S/C15H22BrN3O2Si/c1-12-15(21-14-7-5-13(16)6-8-14)17-18-19(12)11-20-9-10-22(2,3)4/h5-8H,9-11H2,1-4H3. The summed E-state index contributed by atoms with van der Waals surface area (Å²) in [5.74, 6) is 1.24. The van der Waals surface area contributed by atoms with Crippen molar-refractivity contribution in [2.75, 3.05) is 6.61 Å². The molecular formula is C15H22BrN3O2Si. The lowest BCUT2D eigenvalue weighted by atomic mass is 10.3. The SMILES string of the molecule is Cc1c(Oc2ccc(Br)cc2)nnn1COCC[Si](C)(C)C. The summed E-state index contributed by atoms with van der Waals surface area (Å²) in [5, 5.41) is 8.15. The highest BCUT2D eigenvalue weighted by Gasteiger charge is 2.14. The van der Waals surface area contributed by atoms with E-state index in [0.717, 1.165) is 28.6 Å². The van der Waals surface area contributed by atoms with Crippen LogP contribution in [0.5, 0.6) is 11.6 Å². The number of aromatic nitrogens is 3. The second-order valence-corrected chi connectivity index (χ2v) is 12.9. The fourth-order valence-corrected chi connectivity index (χ4v) is 2.73. The Morgan fingerprint density at radius 2 is 1.86 bits per heavy atom. The van der Waals surface area contributed by atoms with E-state index in [-0.39, 0.29) is 0 Å². The van der Waals surface area contributed by atoms with E-state index in [2.05, 4.69) is 45.9 Å². The molecule has 120 valence electrons. The molecule has 2 aromatic rings. The first-order valence-corrected chi connectivity index (χ1v) is 11.8. The third kappa shape index (κ3) is 5.22. The molecule has 7 heteroatoms. The highest BCUT2D eigenvalue weighted by molar-refractivity contribution is 9.10. The molecule has 1 aromatic carbocycles. The van der Waals surface area contributed by atoms with Gasteiger partial charge in [-0.15, -0.1) is 0 Å². The van der Waals surface area contributed by atoms with Crippen LogP contribution in [0.4, 0.5) is 0 Å². The van der Waals surface area contributed by atoms with Crippen molar-refractivity contribution >= 4 is 24.0 Å². The minimum atomic E-state index is -1.06. The van der Waals surface area contributed by atoms with E-state index in [9.17, 15) is 0 Å². The normalized spacial score (nSPS) is 11.7. The van der Waals surface area contributed by atoms with Crippen molar-refractivity contribution < 1.29 is 9.47 Å². The molecule has 0 radical (unpaired) electrons. The molecule has 0 bridgehead atoms. The zero-order valence-electron chi connectivity index (χ0n) is 13.5. The van der Waals surface area contributed by atoms with Crippen molar-refractivity contribution in [3.8, 4) is 11.6 Å². The Balaban J connectivity index is 1.90.